The molecular formula is C27H22FN3O3S. The molecule has 8 heteroatoms. The molecule has 176 valence electrons. The summed E-state index contributed by atoms with van der Waals surface area (Å²) in [6.45, 7) is 3.56. The van der Waals surface area contributed by atoms with Gasteiger partial charge in [0.15, 0.2) is 5.11 Å². The molecule has 5 rings (SSSR count). The predicted molar refractivity (Wildman–Crippen MR) is 135 cm³/mol. The first-order chi connectivity index (χ1) is 16.8. The first-order valence-corrected chi connectivity index (χ1v) is 11.4. The zero-order valence-electron chi connectivity index (χ0n) is 19.0. The molecule has 0 saturated carbocycles. The summed E-state index contributed by atoms with van der Waals surface area (Å²) >= 11 is 5.71. The summed E-state index contributed by atoms with van der Waals surface area (Å²) in [4.78, 5) is 17.8. The number of hydrogen-bond donors (Lipinski definition) is 2. The van der Waals surface area contributed by atoms with Gasteiger partial charge in [-0.15, -0.1) is 0 Å². The average molecular weight is 488 g/mol. The van der Waals surface area contributed by atoms with Crippen molar-refractivity contribution in [3.05, 3.63) is 107 Å². The summed E-state index contributed by atoms with van der Waals surface area (Å²) < 4.78 is 20.4. The molecule has 1 aliphatic heterocycles. The van der Waals surface area contributed by atoms with Gasteiger partial charge in [-0.05, 0) is 91.8 Å². The molecule has 1 aliphatic rings. The summed E-state index contributed by atoms with van der Waals surface area (Å²) in [6, 6.07) is 18.6. The molecular weight excluding hydrogens is 465 g/mol. The second-order valence-electron chi connectivity index (χ2n) is 8.47. The molecule has 2 N–H and O–H groups in total. The van der Waals surface area contributed by atoms with Gasteiger partial charge in [0.2, 0.25) is 0 Å². The number of hydrogen-bond acceptors (Lipinski definition) is 4. The number of aryl methyl sites for hydroxylation is 2. The molecule has 2 aromatic carbocycles. The van der Waals surface area contributed by atoms with Crippen molar-refractivity contribution < 1.29 is 18.7 Å². The van der Waals surface area contributed by atoms with Crippen molar-refractivity contribution in [1.29, 1.82) is 0 Å². The number of aromatic carboxylic acids is 1. The number of nitrogens with one attached hydrogen (secondary N) is 1. The molecule has 1 saturated heterocycles. The molecule has 0 bridgehead atoms. The van der Waals surface area contributed by atoms with E-state index >= 15 is 0 Å². The third-order valence-corrected chi connectivity index (χ3v) is 6.49. The lowest BCUT2D eigenvalue weighted by molar-refractivity contribution is 0.0696. The second-order valence-corrected chi connectivity index (χ2v) is 8.85. The fourth-order valence-corrected chi connectivity index (χ4v) is 4.78. The maximum absolute atomic E-state index is 14.0. The van der Waals surface area contributed by atoms with Crippen molar-refractivity contribution in [1.82, 2.24) is 10.3 Å². The minimum atomic E-state index is -0.978. The standard InChI is InChI=1S/C27H22FN3O3S/c1-15-13-17(26(32)33)6-8-19(15)22-10-11-23(34-22)25-24(21-5-3-4-12-29-21)30-27(35)31(25)18-7-9-20(28)16(2)14-18/h3-14,24-25H,1-2H3,(H,30,35)(H,32,33)/t24-,25-/m1/s1. The highest BCUT2D eigenvalue weighted by molar-refractivity contribution is 7.80. The number of aromatic nitrogens is 1. The molecule has 3 heterocycles. The van der Waals surface area contributed by atoms with E-state index in [4.69, 9.17) is 16.6 Å². The summed E-state index contributed by atoms with van der Waals surface area (Å²) in [7, 11) is 0. The van der Waals surface area contributed by atoms with Crippen LogP contribution in [0.2, 0.25) is 0 Å². The van der Waals surface area contributed by atoms with Crippen LogP contribution in [0.3, 0.4) is 0 Å². The molecule has 0 radical (unpaired) electrons. The van der Waals surface area contributed by atoms with Gasteiger partial charge >= 0.3 is 5.97 Å². The average Bonchev–Trinajstić information content (AvgIpc) is 3.46. The zero-order chi connectivity index (χ0) is 24.7. The monoisotopic (exact) mass is 487 g/mol. The van der Waals surface area contributed by atoms with Crippen molar-refractivity contribution in [2.24, 2.45) is 0 Å². The highest BCUT2D eigenvalue weighted by atomic mass is 32.1. The van der Waals surface area contributed by atoms with Crippen LogP contribution in [0, 0.1) is 19.7 Å². The molecule has 0 spiro atoms. The van der Waals surface area contributed by atoms with E-state index in [9.17, 15) is 14.3 Å². The summed E-state index contributed by atoms with van der Waals surface area (Å²) in [5.41, 5.74) is 3.86. The minimum Gasteiger partial charge on any atom is -0.478 e. The highest BCUT2D eigenvalue weighted by Gasteiger charge is 2.42. The van der Waals surface area contributed by atoms with Crippen LogP contribution in [0.4, 0.5) is 10.1 Å². The fourth-order valence-electron chi connectivity index (χ4n) is 4.43. The highest BCUT2D eigenvalue weighted by Crippen LogP contribution is 2.43. The van der Waals surface area contributed by atoms with Crippen molar-refractivity contribution in [2.75, 3.05) is 4.90 Å². The van der Waals surface area contributed by atoms with Crippen LogP contribution < -0.4 is 10.2 Å². The van der Waals surface area contributed by atoms with Gasteiger partial charge in [0, 0.05) is 17.4 Å². The molecule has 2 aromatic heterocycles. The Bertz CT molecular complexity index is 1440. The van der Waals surface area contributed by atoms with Crippen LogP contribution in [-0.4, -0.2) is 21.2 Å². The molecule has 0 amide bonds. The second kappa shape index (κ2) is 8.96. The summed E-state index contributed by atoms with van der Waals surface area (Å²) in [5.74, 6) is -0.00654. The molecule has 0 unspecified atom stereocenters. The van der Waals surface area contributed by atoms with Gasteiger partial charge in [0.1, 0.15) is 23.4 Å². The Morgan fingerprint density at radius 2 is 1.91 bits per heavy atom. The Hall–Kier alpha value is -4.04. The number of pyridine rings is 1. The predicted octanol–water partition coefficient (Wildman–Crippen LogP) is 5.97. The molecule has 4 aromatic rings. The third kappa shape index (κ3) is 4.17. The topological polar surface area (TPSA) is 78.6 Å². The molecule has 0 aliphatic carbocycles. The van der Waals surface area contributed by atoms with E-state index in [0.29, 0.717) is 22.2 Å². The van der Waals surface area contributed by atoms with Crippen LogP contribution in [0.25, 0.3) is 11.3 Å². The number of carboxylic acid groups (broad SMARTS) is 1. The van der Waals surface area contributed by atoms with Crippen molar-refractivity contribution in [2.45, 2.75) is 25.9 Å². The number of anilines is 1. The van der Waals surface area contributed by atoms with Crippen LogP contribution in [0.1, 0.15) is 45.0 Å². The molecule has 6 nitrogen and oxygen atoms in total. The van der Waals surface area contributed by atoms with Crippen molar-refractivity contribution in [3.63, 3.8) is 0 Å². The SMILES string of the molecule is Cc1cc(N2C(=S)N[C@H](c3ccccn3)[C@H]2c2ccc(-c3ccc(C(=O)O)cc3C)o2)ccc1F. The van der Waals surface area contributed by atoms with Gasteiger partial charge in [-0.1, -0.05) is 12.1 Å². The fraction of sp³-hybridized carbons (Fsp3) is 0.148. The Kier molecular flexibility index (Phi) is 5.82. The molecule has 35 heavy (non-hydrogen) atoms. The van der Waals surface area contributed by atoms with E-state index in [-0.39, 0.29) is 23.5 Å². The lowest BCUT2D eigenvalue weighted by atomic mass is 10.0. The number of thiocarbonyl (C=S) groups is 1. The Morgan fingerprint density at radius 3 is 2.60 bits per heavy atom. The van der Waals surface area contributed by atoms with E-state index < -0.39 is 5.97 Å². The first kappa shape index (κ1) is 22.7. The first-order valence-electron chi connectivity index (χ1n) is 11.0. The Labute approximate surface area is 207 Å². The number of carbonyl (C=O) groups is 1. The van der Waals surface area contributed by atoms with Crippen LogP contribution in [0.15, 0.2) is 77.3 Å². The maximum Gasteiger partial charge on any atom is 0.335 e. The zero-order valence-corrected chi connectivity index (χ0v) is 19.8. The minimum absolute atomic E-state index is 0.219. The number of furan rings is 1. The van der Waals surface area contributed by atoms with Gasteiger partial charge in [0.25, 0.3) is 0 Å². The Morgan fingerprint density at radius 1 is 1.09 bits per heavy atom. The van der Waals surface area contributed by atoms with Gasteiger partial charge in [-0.3, -0.25) is 4.98 Å². The van der Waals surface area contributed by atoms with E-state index in [2.05, 4.69) is 10.3 Å². The van der Waals surface area contributed by atoms with Crippen LogP contribution in [-0.2, 0) is 0 Å². The molecule has 2 atom stereocenters. The van der Waals surface area contributed by atoms with Crippen LogP contribution >= 0.6 is 12.2 Å². The lowest BCUT2D eigenvalue weighted by Gasteiger charge is -2.26. The number of benzene rings is 2. The maximum atomic E-state index is 14.0. The summed E-state index contributed by atoms with van der Waals surface area (Å²) in [6.07, 6.45) is 1.72. The number of nitrogens with zero attached hydrogens (tertiary/aromatic N) is 2. The van der Waals surface area contributed by atoms with Crippen molar-refractivity contribution >= 4 is 29.0 Å². The van der Waals surface area contributed by atoms with E-state index in [1.807, 2.05) is 42.2 Å². The summed E-state index contributed by atoms with van der Waals surface area (Å²) in [5, 5.41) is 13.1. The lowest BCUT2D eigenvalue weighted by Crippen LogP contribution is -2.29. The normalized spacial score (nSPS) is 17.5. The van der Waals surface area contributed by atoms with Gasteiger partial charge < -0.3 is 19.7 Å². The van der Waals surface area contributed by atoms with Gasteiger partial charge in [-0.2, -0.15) is 0 Å². The van der Waals surface area contributed by atoms with E-state index in [0.717, 1.165) is 22.5 Å². The number of rotatable bonds is 5. The number of halogens is 1. The smallest absolute Gasteiger partial charge is 0.335 e. The quantitative estimate of drug-likeness (QED) is 0.336. The van der Waals surface area contributed by atoms with Gasteiger partial charge in [0.05, 0.1) is 17.3 Å². The van der Waals surface area contributed by atoms with Gasteiger partial charge in [-0.25, -0.2) is 9.18 Å². The van der Waals surface area contributed by atoms with E-state index in [1.165, 1.54) is 6.07 Å². The van der Waals surface area contributed by atoms with Crippen LogP contribution in [0.5, 0.6) is 0 Å². The Balaban J connectivity index is 1.60. The van der Waals surface area contributed by atoms with Crippen molar-refractivity contribution in [3.8, 4) is 11.3 Å². The largest absolute Gasteiger partial charge is 0.478 e. The third-order valence-electron chi connectivity index (χ3n) is 6.17. The number of carboxylic acids is 1. The molecule has 1 fully saturated rings. The van der Waals surface area contributed by atoms with E-state index in [1.54, 1.807) is 43.5 Å².